The van der Waals surface area contributed by atoms with Crippen LogP contribution >= 0.6 is 11.6 Å². The second-order valence-corrected chi connectivity index (χ2v) is 13.7. The number of halogens is 2. The van der Waals surface area contributed by atoms with Gasteiger partial charge in [-0.05, 0) is 78.4 Å². The Morgan fingerprint density at radius 2 is 1.80 bits per heavy atom. The first-order valence-electron chi connectivity index (χ1n) is 15.1. The van der Waals surface area contributed by atoms with Gasteiger partial charge < -0.3 is 30.0 Å². The third kappa shape index (κ3) is 10.0. The fourth-order valence-corrected chi connectivity index (χ4v) is 5.43. The molecule has 0 bridgehead atoms. The van der Waals surface area contributed by atoms with Gasteiger partial charge in [0.1, 0.15) is 63.0 Å². The minimum absolute atomic E-state index is 0.0664. The molecule has 50 heavy (non-hydrogen) atoms. The summed E-state index contributed by atoms with van der Waals surface area (Å²) < 4.78 is 47.8. The third-order valence-electron chi connectivity index (χ3n) is 7.14. The molecule has 14 heteroatoms. The minimum Gasteiger partial charge on any atom is -0.507 e. The van der Waals surface area contributed by atoms with Gasteiger partial charge in [0, 0.05) is 29.4 Å². The molecule has 0 unspecified atom stereocenters. The van der Waals surface area contributed by atoms with Gasteiger partial charge in [0.15, 0.2) is 0 Å². The van der Waals surface area contributed by atoms with E-state index < -0.39 is 15.8 Å². The second-order valence-electron chi connectivity index (χ2n) is 11.0. The number of hydrogen-bond acceptors (Lipinski definition) is 10. The number of nitrogens with one attached hydrogen (secondary N) is 2. The van der Waals surface area contributed by atoms with Crippen molar-refractivity contribution in [2.24, 2.45) is 0 Å². The Hall–Kier alpha value is -5.50. The molecule has 6 aromatic rings. The van der Waals surface area contributed by atoms with Crippen LogP contribution < -0.4 is 15.4 Å². The van der Waals surface area contributed by atoms with E-state index in [2.05, 4.69) is 20.6 Å². The minimum atomic E-state index is -3.02. The zero-order valence-corrected chi connectivity index (χ0v) is 28.2. The summed E-state index contributed by atoms with van der Waals surface area (Å²) in [5.74, 6) is 0.861. The molecule has 0 aliphatic carbocycles. The van der Waals surface area contributed by atoms with E-state index in [-0.39, 0.29) is 29.5 Å². The van der Waals surface area contributed by atoms with Crippen molar-refractivity contribution < 1.29 is 37.0 Å². The van der Waals surface area contributed by atoms with Gasteiger partial charge in [-0.15, -0.1) is 0 Å². The summed E-state index contributed by atoms with van der Waals surface area (Å²) in [6, 6.07) is 26.8. The highest BCUT2D eigenvalue weighted by atomic mass is 35.5. The van der Waals surface area contributed by atoms with Crippen molar-refractivity contribution in [2.45, 2.75) is 13.2 Å². The molecule has 0 aliphatic heterocycles. The standard InChI is InChI=1S/C29H26ClFN4O4S.C7H6O3/c1-40(36,37)12-11-32-16-23-7-10-27(39-23)20-5-8-26-24(14-20)29(34-18-33-26)35-22-6-9-28(25(30)15-22)38-17-19-3-2-4-21(31)13-19;8-6-4-2-1-3-5(6)7(9)10/h2-10,13-15,18,32H,11-12,16-17H2,1H3,(H,33,34,35);1-4,8H,(H,9,10). The average molecular weight is 719 g/mol. The van der Waals surface area contributed by atoms with E-state index in [1.165, 1.54) is 36.8 Å². The number of sulfone groups is 1. The van der Waals surface area contributed by atoms with Crippen LogP contribution in [-0.4, -0.2) is 53.1 Å². The summed E-state index contributed by atoms with van der Waals surface area (Å²) in [5.41, 5.74) is 2.92. The molecule has 0 saturated carbocycles. The smallest absolute Gasteiger partial charge is 0.339 e. The lowest BCUT2D eigenvalue weighted by molar-refractivity contribution is 0.0693. The number of carboxylic acid groups (broad SMARTS) is 1. The van der Waals surface area contributed by atoms with E-state index in [4.69, 9.17) is 31.0 Å². The van der Waals surface area contributed by atoms with Crippen LogP contribution in [0.1, 0.15) is 21.7 Å². The highest BCUT2D eigenvalue weighted by molar-refractivity contribution is 7.90. The maximum Gasteiger partial charge on any atom is 0.339 e. The van der Waals surface area contributed by atoms with Crippen LogP contribution in [0.15, 0.2) is 108 Å². The van der Waals surface area contributed by atoms with Crippen molar-refractivity contribution in [3.8, 4) is 22.8 Å². The van der Waals surface area contributed by atoms with Crippen molar-refractivity contribution >= 4 is 49.8 Å². The Balaban J connectivity index is 0.000000418. The maximum atomic E-state index is 13.4. The van der Waals surface area contributed by atoms with E-state index in [1.807, 2.05) is 36.4 Å². The molecule has 6 rings (SSSR count). The lowest BCUT2D eigenvalue weighted by Gasteiger charge is -2.12. The Morgan fingerprint density at radius 3 is 2.52 bits per heavy atom. The van der Waals surface area contributed by atoms with Crippen molar-refractivity contribution in [3.05, 3.63) is 131 Å². The van der Waals surface area contributed by atoms with E-state index in [1.54, 1.807) is 36.4 Å². The molecule has 0 fully saturated rings. The quantitative estimate of drug-likeness (QED) is 0.0944. The number of anilines is 2. The van der Waals surface area contributed by atoms with E-state index >= 15 is 0 Å². The summed E-state index contributed by atoms with van der Waals surface area (Å²) in [7, 11) is -3.02. The Bertz CT molecular complexity index is 2230. The van der Waals surface area contributed by atoms with Crippen molar-refractivity contribution in [1.82, 2.24) is 15.3 Å². The number of furan rings is 1. The van der Waals surface area contributed by atoms with E-state index in [9.17, 15) is 17.6 Å². The molecule has 2 heterocycles. The number of aromatic nitrogens is 2. The predicted octanol–water partition coefficient (Wildman–Crippen LogP) is 7.23. The zero-order chi connectivity index (χ0) is 35.7. The number of phenols is 1. The maximum absolute atomic E-state index is 13.4. The molecule has 0 saturated heterocycles. The molecule has 258 valence electrons. The normalized spacial score (nSPS) is 11.1. The number of para-hydroxylation sites is 1. The first-order valence-corrected chi connectivity index (χ1v) is 17.6. The first-order chi connectivity index (χ1) is 23.9. The molecular formula is C36H32ClFN4O7S. The number of aromatic hydroxyl groups is 1. The lowest BCUT2D eigenvalue weighted by atomic mass is 10.1. The number of nitrogens with zero attached hydrogens (tertiary/aromatic N) is 2. The van der Waals surface area contributed by atoms with Crippen LogP contribution in [0, 0.1) is 5.82 Å². The monoisotopic (exact) mass is 718 g/mol. The highest BCUT2D eigenvalue weighted by Gasteiger charge is 2.12. The Morgan fingerprint density at radius 1 is 0.980 bits per heavy atom. The van der Waals surface area contributed by atoms with Gasteiger partial charge in [-0.1, -0.05) is 35.9 Å². The first kappa shape index (κ1) is 35.8. The van der Waals surface area contributed by atoms with Gasteiger partial charge in [-0.3, -0.25) is 0 Å². The van der Waals surface area contributed by atoms with Gasteiger partial charge in [0.2, 0.25) is 0 Å². The largest absolute Gasteiger partial charge is 0.507 e. The number of carbonyl (C=O) groups is 1. The van der Waals surface area contributed by atoms with E-state index in [0.717, 1.165) is 16.5 Å². The molecular weight excluding hydrogens is 687 g/mol. The number of fused-ring (bicyclic) bond motifs is 1. The number of aromatic carboxylic acids is 1. The lowest BCUT2D eigenvalue weighted by Crippen LogP contribution is -2.21. The van der Waals surface area contributed by atoms with Crippen LogP contribution in [0.3, 0.4) is 0 Å². The summed E-state index contributed by atoms with van der Waals surface area (Å²) in [6.45, 7) is 0.956. The van der Waals surface area contributed by atoms with Gasteiger partial charge in [0.05, 0.1) is 22.8 Å². The predicted molar refractivity (Wildman–Crippen MR) is 189 cm³/mol. The number of benzene rings is 4. The Labute approximate surface area is 292 Å². The molecule has 0 spiro atoms. The molecule has 0 radical (unpaired) electrons. The van der Waals surface area contributed by atoms with E-state index in [0.29, 0.717) is 52.5 Å². The number of rotatable bonds is 12. The fraction of sp³-hybridized carbons (Fsp3) is 0.139. The molecule has 4 N–H and O–H groups in total. The summed E-state index contributed by atoms with van der Waals surface area (Å²) in [4.78, 5) is 19.1. The molecule has 0 amide bonds. The van der Waals surface area contributed by atoms with Crippen LogP contribution in [0.5, 0.6) is 11.5 Å². The topological polar surface area (TPSA) is 164 Å². The van der Waals surface area contributed by atoms with Crippen LogP contribution in [0.25, 0.3) is 22.2 Å². The average Bonchev–Trinajstić information content (AvgIpc) is 3.55. The number of ether oxygens (including phenoxy) is 1. The molecule has 2 aromatic heterocycles. The van der Waals surface area contributed by atoms with Crippen molar-refractivity contribution in [3.63, 3.8) is 0 Å². The SMILES string of the molecule is CS(=O)(=O)CCNCc1ccc(-c2ccc3ncnc(Nc4ccc(OCc5cccc(F)c5)c(Cl)c4)c3c2)o1.O=C(O)c1ccccc1O. The van der Waals surface area contributed by atoms with Crippen molar-refractivity contribution in [1.29, 1.82) is 0 Å². The van der Waals surface area contributed by atoms with Gasteiger partial charge >= 0.3 is 5.97 Å². The summed E-state index contributed by atoms with van der Waals surface area (Å²) in [6.07, 6.45) is 2.69. The third-order valence-corrected chi connectivity index (χ3v) is 8.38. The molecule has 11 nitrogen and oxygen atoms in total. The molecule has 4 aromatic carbocycles. The molecule has 0 atom stereocenters. The van der Waals surface area contributed by atoms with Crippen molar-refractivity contribution in [2.75, 3.05) is 23.9 Å². The van der Waals surface area contributed by atoms with Crippen LogP contribution in [0.4, 0.5) is 15.9 Å². The number of hydrogen-bond donors (Lipinski definition) is 4. The summed E-state index contributed by atoms with van der Waals surface area (Å²) >= 11 is 6.47. The second kappa shape index (κ2) is 16.3. The fourth-order valence-electron chi connectivity index (χ4n) is 4.68. The Kier molecular flexibility index (Phi) is 11.6. The zero-order valence-electron chi connectivity index (χ0n) is 26.6. The molecule has 0 aliphatic rings. The van der Waals surface area contributed by atoms with Gasteiger partial charge in [-0.25, -0.2) is 27.6 Å². The van der Waals surface area contributed by atoms with Crippen LogP contribution in [0.2, 0.25) is 5.02 Å². The summed E-state index contributed by atoms with van der Waals surface area (Å²) in [5, 5.41) is 24.9. The van der Waals surface area contributed by atoms with Crippen LogP contribution in [-0.2, 0) is 23.0 Å². The number of carboxylic acids is 1. The van der Waals surface area contributed by atoms with Gasteiger partial charge in [0.25, 0.3) is 0 Å². The van der Waals surface area contributed by atoms with Gasteiger partial charge in [-0.2, -0.15) is 0 Å². The highest BCUT2D eigenvalue weighted by Crippen LogP contribution is 2.33.